The summed E-state index contributed by atoms with van der Waals surface area (Å²) in [6.07, 6.45) is 1.57. The first-order valence-corrected chi connectivity index (χ1v) is 6.89. The van der Waals surface area contributed by atoms with Crippen molar-refractivity contribution in [3.8, 4) is 0 Å². The van der Waals surface area contributed by atoms with Crippen molar-refractivity contribution < 1.29 is 9.21 Å². The van der Waals surface area contributed by atoms with Crippen molar-refractivity contribution in [3.63, 3.8) is 0 Å². The molecule has 0 fully saturated rings. The number of carbonyl (C=O) groups excluding carboxylic acids is 1. The molecule has 0 unspecified atom stereocenters. The fourth-order valence-corrected chi connectivity index (χ4v) is 2.65. The van der Waals surface area contributed by atoms with Crippen LogP contribution in [0.2, 0.25) is 0 Å². The van der Waals surface area contributed by atoms with Crippen LogP contribution in [0.1, 0.15) is 15.4 Å². The van der Waals surface area contributed by atoms with Gasteiger partial charge in [0.05, 0.1) is 10.0 Å². The van der Waals surface area contributed by atoms with Gasteiger partial charge in [0.15, 0.2) is 10.4 Å². The number of halogens is 2. The highest BCUT2D eigenvalue weighted by Gasteiger charge is 2.08. The monoisotopic (exact) mass is 376 g/mol. The third kappa shape index (κ3) is 3.52. The number of carbonyl (C=O) groups is 1. The van der Waals surface area contributed by atoms with Crippen molar-refractivity contribution in [3.05, 3.63) is 43.4 Å². The smallest absolute Gasteiger partial charge is 0.307 e. The van der Waals surface area contributed by atoms with Crippen molar-refractivity contribution in [2.75, 3.05) is 0 Å². The van der Waals surface area contributed by atoms with Gasteiger partial charge in [-0.05, 0) is 56.1 Å². The first-order valence-electron chi connectivity index (χ1n) is 4.49. The fourth-order valence-electron chi connectivity index (χ4n) is 1.04. The second kappa shape index (κ2) is 5.61. The second-order valence-electron chi connectivity index (χ2n) is 2.94. The number of nitrogens with one attached hydrogen (secondary N) is 1. The average Bonchev–Trinajstić information content (AvgIpc) is 2.88. The van der Waals surface area contributed by atoms with E-state index in [1.165, 1.54) is 11.3 Å². The van der Waals surface area contributed by atoms with Gasteiger partial charge in [0, 0.05) is 4.88 Å². The van der Waals surface area contributed by atoms with Gasteiger partial charge in [-0.2, -0.15) is 5.10 Å². The van der Waals surface area contributed by atoms with E-state index in [1.54, 1.807) is 18.3 Å². The van der Waals surface area contributed by atoms with Gasteiger partial charge in [-0.25, -0.2) is 5.43 Å². The minimum absolute atomic E-state index is 0.210. The molecule has 2 aromatic rings. The fraction of sp³-hybridized carbons (Fsp3) is 0. The Labute approximate surface area is 118 Å². The van der Waals surface area contributed by atoms with Crippen LogP contribution in [0.3, 0.4) is 0 Å². The van der Waals surface area contributed by atoms with E-state index in [2.05, 4.69) is 42.4 Å². The molecule has 17 heavy (non-hydrogen) atoms. The highest BCUT2D eigenvalue weighted by molar-refractivity contribution is 9.11. The summed E-state index contributed by atoms with van der Waals surface area (Å²) in [5.41, 5.74) is 2.38. The van der Waals surface area contributed by atoms with Crippen LogP contribution in [0.4, 0.5) is 0 Å². The maximum absolute atomic E-state index is 11.5. The first kappa shape index (κ1) is 12.5. The zero-order valence-corrected chi connectivity index (χ0v) is 12.3. The van der Waals surface area contributed by atoms with Gasteiger partial charge in [-0.3, -0.25) is 4.79 Å². The molecule has 0 saturated carbocycles. The van der Waals surface area contributed by atoms with Crippen LogP contribution in [-0.2, 0) is 0 Å². The summed E-state index contributed by atoms with van der Waals surface area (Å²) in [6.45, 7) is 0. The number of hydrazone groups is 1. The van der Waals surface area contributed by atoms with E-state index in [0.717, 1.165) is 8.66 Å². The molecule has 7 heteroatoms. The van der Waals surface area contributed by atoms with Crippen LogP contribution in [0.25, 0.3) is 0 Å². The van der Waals surface area contributed by atoms with Gasteiger partial charge in [0.2, 0.25) is 0 Å². The Morgan fingerprint density at radius 1 is 1.35 bits per heavy atom. The summed E-state index contributed by atoms with van der Waals surface area (Å²) in [5.74, 6) is -0.177. The third-order valence-corrected chi connectivity index (χ3v) is 3.73. The minimum atomic E-state index is -0.387. The number of rotatable bonds is 3. The molecule has 0 aliphatic rings. The summed E-state index contributed by atoms with van der Waals surface area (Å²) in [7, 11) is 0. The Hall–Kier alpha value is -0.920. The normalized spacial score (nSPS) is 10.9. The van der Waals surface area contributed by atoms with Crippen LogP contribution >= 0.6 is 43.2 Å². The zero-order valence-electron chi connectivity index (χ0n) is 8.31. The number of nitrogens with zero attached hydrogens (tertiary/aromatic N) is 1. The molecule has 2 rings (SSSR count). The van der Waals surface area contributed by atoms with Crippen molar-refractivity contribution >= 4 is 55.3 Å². The maximum Gasteiger partial charge on any atom is 0.307 e. The van der Waals surface area contributed by atoms with E-state index in [0.29, 0.717) is 4.67 Å². The van der Waals surface area contributed by atoms with Gasteiger partial charge in [-0.1, -0.05) is 0 Å². The van der Waals surface area contributed by atoms with Gasteiger partial charge in [0.1, 0.15) is 0 Å². The quantitative estimate of drug-likeness (QED) is 0.655. The lowest BCUT2D eigenvalue weighted by molar-refractivity contribution is 0.0926. The average molecular weight is 378 g/mol. The molecule has 2 heterocycles. The molecule has 88 valence electrons. The van der Waals surface area contributed by atoms with E-state index in [4.69, 9.17) is 4.42 Å². The van der Waals surface area contributed by atoms with Crippen LogP contribution in [-0.4, -0.2) is 12.1 Å². The summed E-state index contributed by atoms with van der Waals surface area (Å²) < 4.78 is 6.60. The zero-order chi connectivity index (χ0) is 12.3. The van der Waals surface area contributed by atoms with Gasteiger partial charge < -0.3 is 4.42 Å². The molecule has 1 N–H and O–H groups in total. The Morgan fingerprint density at radius 2 is 2.18 bits per heavy atom. The van der Waals surface area contributed by atoms with E-state index in [9.17, 15) is 4.79 Å². The minimum Gasteiger partial charge on any atom is -0.444 e. The number of hydrogen-bond donors (Lipinski definition) is 1. The summed E-state index contributed by atoms with van der Waals surface area (Å²) >= 11 is 7.99. The number of amides is 1. The standard InChI is InChI=1S/C10H6Br2N2O2S/c11-8-3-2-7(16-8)10(15)14-13-5-6-1-4-9(12)17-6/h1-5H,(H,14,15). The highest BCUT2D eigenvalue weighted by Crippen LogP contribution is 2.20. The molecule has 2 aromatic heterocycles. The molecule has 4 nitrogen and oxygen atoms in total. The third-order valence-electron chi connectivity index (χ3n) is 1.75. The molecular formula is C10H6Br2N2O2S. The SMILES string of the molecule is O=C(NN=Cc1ccc(Br)s1)c1ccc(Br)o1. The van der Waals surface area contributed by atoms with E-state index >= 15 is 0 Å². The van der Waals surface area contributed by atoms with Crippen LogP contribution in [0.5, 0.6) is 0 Å². The Balaban J connectivity index is 1.94. The number of furan rings is 1. The van der Waals surface area contributed by atoms with E-state index < -0.39 is 0 Å². The lowest BCUT2D eigenvalue weighted by Gasteiger charge is -1.93. The molecule has 0 spiro atoms. The maximum atomic E-state index is 11.5. The number of hydrogen-bond acceptors (Lipinski definition) is 4. The van der Waals surface area contributed by atoms with Gasteiger partial charge in [0.25, 0.3) is 0 Å². The molecule has 0 radical (unpaired) electrons. The van der Waals surface area contributed by atoms with Crippen LogP contribution < -0.4 is 5.43 Å². The predicted molar refractivity (Wildman–Crippen MR) is 73.5 cm³/mol. The molecule has 1 amide bonds. The van der Waals surface area contributed by atoms with Crippen LogP contribution in [0, 0.1) is 0 Å². The molecule has 0 atom stereocenters. The lowest BCUT2D eigenvalue weighted by Crippen LogP contribution is -2.16. The molecule has 0 aliphatic heterocycles. The number of thiophene rings is 1. The topological polar surface area (TPSA) is 54.6 Å². The lowest BCUT2D eigenvalue weighted by atomic mass is 10.4. The molecule has 0 saturated heterocycles. The molecule has 0 aromatic carbocycles. The van der Waals surface area contributed by atoms with Crippen molar-refractivity contribution in [2.24, 2.45) is 5.10 Å². The summed E-state index contributed by atoms with van der Waals surface area (Å²) in [5, 5.41) is 3.83. The largest absolute Gasteiger partial charge is 0.444 e. The van der Waals surface area contributed by atoms with Crippen molar-refractivity contribution in [2.45, 2.75) is 0 Å². The van der Waals surface area contributed by atoms with E-state index in [-0.39, 0.29) is 11.7 Å². The van der Waals surface area contributed by atoms with Crippen LogP contribution in [0.15, 0.2) is 42.2 Å². The van der Waals surface area contributed by atoms with Crippen molar-refractivity contribution in [1.29, 1.82) is 0 Å². The van der Waals surface area contributed by atoms with E-state index in [1.807, 2.05) is 12.1 Å². The van der Waals surface area contributed by atoms with Gasteiger partial charge in [-0.15, -0.1) is 11.3 Å². The second-order valence-corrected chi connectivity index (χ2v) is 6.22. The Kier molecular flexibility index (Phi) is 4.14. The Morgan fingerprint density at radius 3 is 2.76 bits per heavy atom. The predicted octanol–water partition coefficient (Wildman–Crippen LogP) is 3.63. The molecular weight excluding hydrogens is 372 g/mol. The van der Waals surface area contributed by atoms with Gasteiger partial charge >= 0.3 is 5.91 Å². The Bertz CT molecular complexity index is 562. The summed E-state index contributed by atoms with van der Waals surface area (Å²) in [4.78, 5) is 12.5. The highest BCUT2D eigenvalue weighted by atomic mass is 79.9. The van der Waals surface area contributed by atoms with Crippen molar-refractivity contribution in [1.82, 2.24) is 5.43 Å². The first-order chi connectivity index (χ1) is 8.15. The molecule has 0 bridgehead atoms. The molecule has 0 aliphatic carbocycles. The summed E-state index contributed by atoms with van der Waals surface area (Å²) in [6, 6.07) is 7.02.